The number of nitrogen functional groups attached to an aromatic ring is 1. The third-order valence-corrected chi connectivity index (χ3v) is 4.57. The third kappa shape index (κ3) is 5.88. The first-order chi connectivity index (χ1) is 13.4. The van der Waals surface area contributed by atoms with Crippen LogP contribution >= 0.6 is 7.82 Å². The van der Waals surface area contributed by atoms with Crippen molar-refractivity contribution in [1.82, 2.24) is 19.5 Å². The zero-order chi connectivity index (χ0) is 21.9. The molecule has 0 spiro atoms. The molecule has 2 aromatic heterocycles. The molecule has 1 fully saturated rings. The Labute approximate surface area is 165 Å². The monoisotopic (exact) mass is 436 g/mol. The summed E-state index contributed by atoms with van der Waals surface area (Å²) in [5.74, 6) is 0.327. The summed E-state index contributed by atoms with van der Waals surface area (Å²) in [5.41, 5.74) is 11.2. The van der Waals surface area contributed by atoms with Crippen molar-refractivity contribution in [3.63, 3.8) is 0 Å². The van der Waals surface area contributed by atoms with E-state index in [1.54, 1.807) is 0 Å². The van der Waals surface area contributed by atoms with Crippen LogP contribution in [0.3, 0.4) is 0 Å². The molecule has 3 heterocycles. The van der Waals surface area contributed by atoms with Gasteiger partial charge in [0.1, 0.15) is 36.4 Å². The molecule has 15 heteroatoms. The smallest absolute Gasteiger partial charge is 0.387 e. The minimum absolute atomic E-state index is 0.142. The van der Waals surface area contributed by atoms with Crippen molar-refractivity contribution >= 4 is 24.8 Å². The highest BCUT2D eigenvalue weighted by Gasteiger charge is 2.45. The number of ether oxygens (including phenoxy) is 1. The highest BCUT2D eigenvalue weighted by atomic mass is 31.2. The molecule has 1 aliphatic heterocycles. The van der Waals surface area contributed by atoms with Crippen molar-refractivity contribution in [1.29, 1.82) is 0 Å². The molecular weight excluding hydrogens is 411 g/mol. The second-order valence-corrected chi connectivity index (χ2v) is 7.89. The van der Waals surface area contributed by atoms with E-state index in [4.69, 9.17) is 31.1 Å². The summed E-state index contributed by atoms with van der Waals surface area (Å²) < 4.78 is 21.8. The molecule has 1 saturated heterocycles. The van der Waals surface area contributed by atoms with Gasteiger partial charge in [-0.3, -0.25) is 9.09 Å². The van der Waals surface area contributed by atoms with E-state index >= 15 is 0 Å². The molecule has 164 valence electrons. The summed E-state index contributed by atoms with van der Waals surface area (Å²) in [6.45, 7) is 3.14. The van der Waals surface area contributed by atoms with E-state index in [1.807, 2.05) is 13.8 Å². The van der Waals surface area contributed by atoms with Crippen LogP contribution in [0.15, 0.2) is 12.7 Å². The predicted molar refractivity (Wildman–Crippen MR) is 98.7 cm³/mol. The van der Waals surface area contributed by atoms with Gasteiger partial charge >= 0.3 is 7.82 Å². The van der Waals surface area contributed by atoms with Crippen molar-refractivity contribution in [2.75, 3.05) is 12.3 Å². The number of phosphoric acid groups is 1. The molecule has 0 amide bonds. The van der Waals surface area contributed by atoms with Crippen molar-refractivity contribution in [2.24, 2.45) is 11.7 Å². The maximum atomic E-state index is 10.7. The van der Waals surface area contributed by atoms with Crippen LogP contribution in [0.1, 0.15) is 20.1 Å². The maximum Gasteiger partial charge on any atom is 0.469 e. The van der Waals surface area contributed by atoms with Crippen molar-refractivity contribution in [3.05, 3.63) is 12.7 Å². The van der Waals surface area contributed by atoms with Crippen molar-refractivity contribution in [3.8, 4) is 0 Å². The molecule has 0 radical (unpaired) electrons. The Morgan fingerprint density at radius 1 is 1.28 bits per heavy atom. The summed E-state index contributed by atoms with van der Waals surface area (Å²) in [5, 5.41) is 28.5. The fourth-order valence-electron chi connectivity index (χ4n) is 2.32. The van der Waals surface area contributed by atoms with Crippen LogP contribution in [0, 0.1) is 5.92 Å². The van der Waals surface area contributed by atoms with Gasteiger partial charge in [-0.05, 0) is 5.92 Å². The van der Waals surface area contributed by atoms with E-state index < -0.39 is 45.2 Å². The number of imidazole rings is 1. The number of nitrogens with zero attached hydrogens (tertiary/aromatic N) is 4. The summed E-state index contributed by atoms with van der Waals surface area (Å²) in [6.07, 6.45) is -3.14. The predicted octanol–water partition coefficient (Wildman–Crippen LogP) is -1.94. The number of phosphoric ester groups is 1. The van der Waals surface area contributed by atoms with Gasteiger partial charge in [0.2, 0.25) is 0 Å². The largest absolute Gasteiger partial charge is 0.469 e. The van der Waals surface area contributed by atoms with Crippen LogP contribution in [0.5, 0.6) is 0 Å². The molecule has 0 aromatic carbocycles. The highest BCUT2D eigenvalue weighted by molar-refractivity contribution is 7.46. The van der Waals surface area contributed by atoms with Gasteiger partial charge in [-0.2, -0.15) is 0 Å². The first kappa shape index (κ1) is 23.5. The lowest BCUT2D eigenvalue weighted by Gasteiger charge is -2.16. The number of aromatic nitrogens is 4. The molecule has 29 heavy (non-hydrogen) atoms. The van der Waals surface area contributed by atoms with Gasteiger partial charge < -0.3 is 41.3 Å². The SMILES string of the molecule is CC(C)C(N)O.Nc1ncnc2c1ncn2[C@@H]1O[C@H](COP(=O)(O)O)[C@@H](O)[C@H]1O. The van der Waals surface area contributed by atoms with Gasteiger partial charge in [0.05, 0.1) is 12.9 Å². The van der Waals surface area contributed by atoms with Gasteiger partial charge in [0.15, 0.2) is 17.7 Å². The Bertz CT molecular complexity index is 852. The molecule has 0 saturated carbocycles. The topological polar surface area (TPSA) is 232 Å². The Morgan fingerprint density at radius 3 is 2.45 bits per heavy atom. The zero-order valence-corrected chi connectivity index (χ0v) is 16.6. The molecule has 0 bridgehead atoms. The number of aliphatic hydroxyl groups excluding tert-OH is 3. The van der Waals surface area contributed by atoms with Gasteiger partial charge in [0, 0.05) is 0 Å². The highest BCUT2D eigenvalue weighted by Crippen LogP contribution is 2.38. The third-order valence-electron chi connectivity index (χ3n) is 4.09. The van der Waals surface area contributed by atoms with Crippen LogP contribution < -0.4 is 11.5 Å². The lowest BCUT2D eigenvalue weighted by atomic mass is 10.1. The van der Waals surface area contributed by atoms with Gasteiger partial charge in [-0.25, -0.2) is 19.5 Å². The number of fused-ring (bicyclic) bond motifs is 1. The summed E-state index contributed by atoms with van der Waals surface area (Å²) >= 11 is 0. The molecule has 5 atom stereocenters. The maximum absolute atomic E-state index is 10.7. The number of aliphatic hydroxyl groups is 3. The standard InChI is InChI=1S/C10H14N5O7P.C4H11NO/c11-8-5-9(13-2-12-8)15(3-14-5)10-7(17)6(16)4(22-10)1-21-23(18,19)20;1-3(2)4(5)6/h2-4,6-7,10,16-17H,1H2,(H2,11,12,13)(H2,18,19,20);3-4,6H,5H2,1-2H3/t4-,6-,7-,10-;/m1./s1. The Morgan fingerprint density at radius 2 is 1.90 bits per heavy atom. The number of nitrogens with two attached hydrogens (primary N) is 2. The van der Waals surface area contributed by atoms with Crippen LogP contribution in [-0.2, 0) is 13.8 Å². The fourth-order valence-corrected chi connectivity index (χ4v) is 2.66. The second kappa shape index (κ2) is 9.38. The average molecular weight is 436 g/mol. The number of anilines is 1. The van der Waals surface area contributed by atoms with Gasteiger partial charge in [0.25, 0.3) is 0 Å². The Kier molecular flexibility index (Phi) is 7.62. The van der Waals surface area contributed by atoms with Crippen LogP contribution in [0.4, 0.5) is 5.82 Å². The number of rotatable bonds is 5. The average Bonchev–Trinajstić information content (AvgIpc) is 3.16. The number of hydrogen-bond acceptors (Lipinski definition) is 11. The van der Waals surface area contributed by atoms with Crippen LogP contribution in [-0.4, -0.2) is 75.8 Å². The molecule has 1 aliphatic rings. The Balaban J connectivity index is 0.000000438. The second-order valence-electron chi connectivity index (χ2n) is 6.65. The van der Waals surface area contributed by atoms with Gasteiger partial charge in [-0.1, -0.05) is 13.8 Å². The molecule has 14 nitrogen and oxygen atoms in total. The minimum Gasteiger partial charge on any atom is -0.387 e. The summed E-state index contributed by atoms with van der Waals surface area (Å²) in [7, 11) is -4.72. The van der Waals surface area contributed by atoms with E-state index in [1.165, 1.54) is 17.2 Å². The lowest BCUT2D eigenvalue weighted by Crippen LogP contribution is -2.33. The van der Waals surface area contributed by atoms with E-state index in [9.17, 15) is 14.8 Å². The summed E-state index contributed by atoms with van der Waals surface area (Å²) in [6, 6.07) is 0. The first-order valence-electron chi connectivity index (χ1n) is 8.50. The van der Waals surface area contributed by atoms with E-state index in [2.05, 4.69) is 19.5 Å². The number of hydrogen-bond donors (Lipinski definition) is 7. The Hall–Kier alpha value is -1.74. The lowest BCUT2D eigenvalue weighted by molar-refractivity contribution is -0.0504. The fraction of sp³-hybridized carbons (Fsp3) is 0.643. The van der Waals surface area contributed by atoms with Gasteiger partial charge in [-0.15, -0.1) is 0 Å². The first-order valence-corrected chi connectivity index (χ1v) is 10.0. The zero-order valence-electron chi connectivity index (χ0n) is 15.7. The normalized spacial score (nSPS) is 25.8. The minimum atomic E-state index is -4.72. The van der Waals surface area contributed by atoms with E-state index in [0.29, 0.717) is 5.52 Å². The molecule has 3 rings (SSSR count). The van der Waals surface area contributed by atoms with Crippen LogP contribution in [0.2, 0.25) is 0 Å². The van der Waals surface area contributed by atoms with Crippen molar-refractivity contribution in [2.45, 2.75) is 44.6 Å². The molecular formula is C14H25N6O8P. The molecule has 9 N–H and O–H groups in total. The van der Waals surface area contributed by atoms with Crippen LogP contribution in [0.25, 0.3) is 11.2 Å². The van der Waals surface area contributed by atoms with Crippen molar-refractivity contribution < 1.29 is 38.9 Å². The quantitative estimate of drug-likeness (QED) is 0.200. The van der Waals surface area contributed by atoms with E-state index in [0.717, 1.165) is 0 Å². The van der Waals surface area contributed by atoms with E-state index in [-0.39, 0.29) is 17.4 Å². The molecule has 2 aromatic rings. The molecule has 0 aliphatic carbocycles. The molecule has 1 unspecified atom stereocenters. The summed E-state index contributed by atoms with van der Waals surface area (Å²) in [4.78, 5) is 29.2.